The summed E-state index contributed by atoms with van der Waals surface area (Å²) < 4.78 is 26.1. The summed E-state index contributed by atoms with van der Waals surface area (Å²) in [6, 6.07) is 10.7. The number of sulfonamides is 1. The maximum Gasteiger partial charge on any atom is 0.248 e. The van der Waals surface area contributed by atoms with Crippen molar-refractivity contribution in [1.29, 1.82) is 0 Å². The van der Waals surface area contributed by atoms with Crippen LogP contribution in [0.2, 0.25) is 10.0 Å². The summed E-state index contributed by atoms with van der Waals surface area (Å²) in [6.07, 6.45) is 1.36. The van der Waals surface area contributed by atoms with Crippen LogP contribution in [0.15, 0.2) is 42.5 Å². The molecule has 1 amide bonds. The molecule has 0 aliphatic carbocycles. The van der Waals surface area contributed by atoms with Crippen LogP contribution in [-0.4, -0.2) is 26.6 Å². The molecule has 1 atom stereocenters. The number of carbonyl (C=O) groups is 1. The van der Waals surface area contributed by atoms with Gasteiger partial charge in [0.15, 0.2) is 0 Å². The van der Waals surface area contributed by atoms with E-state index in [-0.39, 0.29) is 6.42 Å². The second kappa shape index (κ2) is 8.29. The van der Waals surface area contributed by atoms with E-state index >= 15 is 0 Å². The Morgan fingerprint density at radius 3 is 2.38 bits per heavy atom. The van der Waals surface area contributed by atoms with Crippen LogP contribution in [0.1, 0.15) is 18.9 Å². The van der Waals surface area contributed by atoms with Crippen LogP contribution in [0, 0.1) is 6.92 Å². The van der Waals surface area contributed by atoms with Gasteiger partial charge in [-0.2, -0.15) is 0 Å². The Kier molecular flexibility index (Phi) is 6.55. The Hall–Kier alpha value is -1.76. The molecule has 0 saturated carbocycles. The van der Waals surface area contributed by atoms with Gasteiger partial charge in [-0.15, -0.1) is 0 Å². The average molecular weight is 415 g/mol. The first-order valence-corrected chi connectivity index (χ1v) is 10.6. The molecule has 0 radical (unpaired) electrons. The summed E-state index contributed by atoms with van der Waals surface area (Å²) in [6.45, 7) is 3.52. The van der Waals surface area contributed by atoms with Gasteiger partial charge in [0, 0.05) is 15.7 Å². The maximum absolute atomic E-state index is 12.8. The van der Waals surface area contributed by atoms with Crippen LogP contribution in [0.3, 0.4) is 0 Å². The highest BCUT2D eigenvalue weighted by molar-refractivity contribution is 7.92. The van der Waals surface area contributed by atoms with Gasteiger partial charge in [-0.05, 0) is 49.2 Å². The zero-order valence-corrected chi connectivity index (χ0v) is 17.0. The Morgan fingerprint density at radius 1 is 1.15 bits per heavy atom. The molecule has 140 valence electrons. The maximum atomic E-state index is 12.8. The van der Waals surface area contributed by atoms with Gasteiger partial charge in [0.25, 0.3) is 0 Å². The first-order chi connectivity index (χ1) is 12.1. The van der Waals surface area contributed by atoms with Crippen molar-refractivity contribution in [2.45, 2.75) is 26.3 Å². The van der Waals surface area contributed by atoms with Crippen molar-refractivity contribution in [3.8, 4) is 0 Å². The number of halogens is 2. The molecule has 1 N–H and O–H groups in total. The minimum absolute atomic E-state index is 0.283. The Morgan fingerprint density at radius 2 is 1.81 bits per heavy atom. The van der Waals surface area contributed by atoms with E-state index < -0.39 is 22.0 Å². The molecule has 0 spiro atoms. The third-order valence-corrected chi connectivity index (χ3v) is 5.47. The summed E-state index contributed by atoms with van der Waals surface area (Å²) in [4.78, 5) is 12.8. The number of benzene rings is 2. The van der Waals surface area contributed by atoms with Gasteiger partial charge in [-0.1, -0.05) is 42.3 Å². The minimum Gasteiger partial charge on any atom is -0.324 e. The normalized spacial score (nSPS) is 12.5. The minimum atomic E-state index is -3.73. The molecular weight excluding hydrogens is 395 g/mol. The van der Waals surface area contributed by atoms with E-state index in [4.69, 9.17) is 23.2 Å². The summed E-state index contributed by atoms with van der Waals surface area (Å²) in [5.41, 5.74) is 1.58. The lowest BCUT2D eigenvalue weighted by molar-refractivity contribution is -0.117. The number of rotatable bonds is 6. The molecule has 26 heavy (non-hydrogen) atoms. The van der Waals surface area contributed by atoms with Gasteiger partial charge in [0.1, 0.15) is 6.04 Å². The predicted octanol–water partition coefficient (Wildman–Crippen LogP) is 4.49. The predicted molar refractivity (Wildman–Crippen MR) is 108 cm³/mol. The van der Waals surface area contributed by atoms with E-state index in [1.54, 1.807) is 56.3 Å². The summed E-state index contributed by atoms with van der Waals surface area (Å²) in [5.74, 6) is -0.445. The van der Waals surface area contributed by atoms with Gasteiger partial charge in [0.2, 0.25) is 15.9 Å². The monoisotopic (exact) mass is 414 g/mol. The lowest BCUT2D eigenvalue weighted by Crippen LogP contribution is -2.47. The van der Waals surface area contributed by atoms with Crippen molar-refractivity contribution in [1.82, 2.24) is 0 Å². The van der Waals surface area contributed by atoms with E-state index in [2.05, 4.69) is 5.32 Å². The SMILES string of the molecule is CCC(C(=O)Nc1cccc(Cl)c1)N(c1cc(Cl)ccc1C)S(C)(=O)=O. The first kappa shape index (κ1) is 20.6. The molecular formula is C18H20Cl2N2O3S. The van der Waals surface area contributed by atoms with E-state index in [1.807, 2.05) is 0 Å². The highest BCUT2D eigenvalue weighted by Gasteiger charge is 2.32. The van der Waals surface area contributed by atoms with Crippen molar-refractivity contribution in [2.24, 2.45) is 0 Å². The third kappa shape index (κ3) is 4.90. The van der Waals surface area contributed by atoms with E-state index in [9.17, 15) is 13.2 Å². The zero-order chi connectivity index (χ0) is 19.5. The zero-order valence-electron chi connectivity index (χ0n) is 14.7. The average Bonchev–Trinajstić information content (AvgIpc) is 2.53. The lowest BCUT2D eigenvalue weighted by Gasteiger charge is -2.31. The Labute approximate surface area is 164 Å². The quantitative estimate of drug-likeness (QED) is 0.756. The molecule has 0 aliphatic rings. The molecule has 0 aliphatic heterocycles. The molecule has 2 aromatic rings. The molecule has 0 saturated heterocycles. The third-order valence-electron chi connectivity index (χ3n) is 3.83. The van der Waals surface area contributed by atoms with Crippen LogP contribution < -0.4 is 9.62 Å². The number of anilines is 2. The molecule has 2 aromatic carbocycles. The van der Waals surface area contributed by atoms with Crippen LogP contribution in [0.4, 0.5) is 11.4 Å². The molecule has 0 bridgehead atoms. The van der Waals surface area contributed by atoms with Gasteiger partial charge < -0.3 is 5.32 Å². The first-order valence-electron chi connectivity index (χ1n) is 7.95. The fraction of sp³-hybridized carbons (Fsp3) is 0.278. The molecule has 0 heterocycles. The van der Waals surface area contributed by atoms with Gasteiger partial charge in [-0.3, -0.25) is 9.10 Å². The number of hydrogen-bond acceptors (Lipinski definition) is 3. The molecule has 0 aromatic heterocycles. The number of carbonyl (C=O) groups excluding carboxylic acids is 1. The summed E-state index contributed by atoms with van der Waals surface area (Å²) >= 11 is 12.0. The molecule has 2 rings (SSSR count). The fourth-order valence-electron chi connectivity index (χ4n) is 2.65. The van der Waals surface area contributed by atoms with Crippen molar-refractivity contribution >= 4 is 50.5 Å². The van der Waals surface area contributed by atoms with Crippen molar-refractivity contribution in [2.75, 3.05) is 15.9 Å². The Bertz CT molecular complexity index is 916. The van der Waals surface area contributed by atoms with Crippen molar-refractivity contribution in [3.63, 3.8) is 0 Å². The number of amides is 1. The topological polar surface area (TPSA) is 66.5 Å². The summed E-state index contributed by atoms with van der Waals surface area (Å²) in [7, 11) is -3.73. The molecule has 0 fully saturated rings. The number of hydrogen-bond donors (Lipinski definition) is 1. The summed E-state index contributed by atoms with van der Waals surface area (Å²) in [5, 5.41) is 3.59. The van der Waals surface area contributed by atoms with Crippen LogP contribution in [-0.2, 0) is 14.8 Å². The lowest BCUT2D eigenvalue weighted by atomic mass is 10.1. The smallest absolute Gasteiger partial charge is 0.248 e. The second-order valence-corrected chi connectivity index (χ2v) is 8.65. The molecule has 8 heteroatoms. The van der Waals surface area contributed by atoms with E-state index in [0.717, 1.165) is 10.6 Å². The van der Waals surface area contributed by atoms with Gasteiger partial charge in [0.05, 0.1) is 11.9 Å². The fourth-order valence-corrected chi connectivity index (χ4v) is 4.26. The van der Waals surface area contributed by atoms with Gasteiger partial charge >= 0.3 is 0 Å². The van der Waals surface area contributed by atoms with E-state index in [1.165, 1.54) is 0 Å². The van der Waals surface area contributed by atoms with Crippen LogP contribution in [0.25, 0.3) is 0 Å². The van der Waals surface area contributed by atoms with Crippen molar-refractivity contribution in [3.05, 3.63) is 58.1 Å². The highest BCUT2D eigenvalue weighted by atomic mass is 35.5. The highest BCUT2D eigenvalue weighted by Crippen LogP contribution is 2.29. The number of aryl methyl sites for hydroxylation is 1. The Balaban J connectivity index is 2.44. The standard InChI is InChI=1S/C18H20Cl2N2O3S/c1-4-16(18(23)21-15-7-5-6-13(19)10-15)22(26(3,24)25)17-11-14(20)9-8-12(17)2/h5-11,16H,4H2,1-3H3,(H,21,23). The molecule has 5 nitrogen and oxygen atoms in total. The largest absolute Gasteiger partial charge is 0.324 e. The second-order valence-electron chi connectivity index (χ2n) is 5.91. The van der Waals surface area contributed by atoms with E-state index in [0.29, 0.717) is 27.0 Å². The molecule has 1 unspecified atom stereocenters. The van der Waals surface area contributed by atoms with Crippen LogP contribution >= 0.6 is 23.2 Å². The van der Waals surface area contributed by atoms with Gasteiger partial charge in [-0.25, -0.2) is 8.42 Å². The van der Waals surface area contributed by atoms with Crippen LogP contribution in [0.5, 0.6) is 0 Å². The number of nitrogens with zero attached hydrogens (tertiary/aromatic N) is 1. The van der Waals surface area contributed by atoms with Crippen molar-refractivity contribution < 1.29 is 13.2 Å². The number of nitrogens with one attached hydrogen (secondary N) is 1.